The van der Waals surface area contributed by atoms with Crippen LogP contribution in [-0.4, -0.2) is 50.1 Å². The summed E-state index contributed by atoms with van der Waals surface area (Å²) in [4.78, 5) is 12.2. The highest BCUT2D eigenvalue weighted by atomic mass is 19.4. The van der Waals surface area contributed by atoms with Crippen molar-refractivity contribution in [1.29, 1.82) is 0 Å². The minimum atomic E-state index is -4.52. The lowest BCUT2D eigenvalue weighted by Gasteiger charge is -2.09. The van der Waals surface area contributed by atoms with Crippen LogP contribution in [0.5, 0.6) is 5.88 Å². The standard InChI is InChI=1S/C20H14F4N10O2/c21-10-34-16(9-35-17-2-1-14(6-26-17)20(22,23)24)15(7-28-34)19-29-18(30-36-19)13-3-12(4-25-5-13)8-33-11-27-31-32-33/h1-7,11H,8-10H2. The molecule has 184 valence electrons. The second kappa shape index (κ2) is 9.47. The smallest absolute Gasteiger partial charge is 0.417 e. The van der Waals surface area contributed by atoms with Gasteiger partial charge in [0.2, 0.25) is 11.7 Å². The number of tetrazole rings is 1. The lowest BCUT2D eigenvalue weighted by molar-refractivity contribution is -0.137. The van der Waals surface area contributed by atoms with E-state index in [0.717, 1.165) is 22.4 Å². The second-order valence-electron chi connectivity index (χ2n) is 7.31. The molecule has 0 bridgehead atoms. The monoisotopic (exact) mass is 502 g/mol. The number of pyridine rings is 2. The molecule has 36 heavy (non-hydrogen) atoms. The molecule has 0 aromatic carbocycles. The van der Waals surface area contributed by atoms with Gasteiger partial charge in [0.15, 0.2) is 6.80 Å². The maximum absolute atomic E-state index is 13.5. The molecule has 0 radical (unpaired) electrons. The molecule has 5 aromatic rings. The summed E-state index contributed by atoms with van der Waals surface area (Å²) in [6.45, 7) is -0.872. The van der Waals surface area contributed by atoms with E-state index in [9.17, 15) is 17.6 Å². The normalized spacial score (nSPS) is 11.7. The third-order valence-corrected chi connectivity index (χ3v) is 4.93. The third kappa shape index (κ3) is 4.86. The van der Waals surface area contributed by atoms with E-state index in [0.29, 0.717) is 18.3 Å². The SMILES string of the molecule is FCn1ncc(-c2nc(-c3cncc(Cn4cnnn4)c3)no2)c1COc1ccc(C(F)(F)F)cn1. The zero-order valence-corrected chi connectivity index (χ0v) is 18.0. The molecule has 0 saturated carbocycles. The molecule has 5 rings (SSSR count). The van der Waals surface area contributed by atoms with Gasteiger partial charge < -0.3 is 9.26 Å². The molecular weight excluding hydrogens is 488 g/mol. The Morgan fingerprint density at radius 1 is 1.08 bits per heavy atom. The highest BCUT2D eigenvalue weighted by Gasteiger charge is 2.30. The maximum Gasteiger partial charge on any atom is 0.417 e. The van der Waals surface area contributed by atoms with Gasteiger partial charge in [-0.1, -0.05) is 5.16 Å². The van der Waals surface area contributed by atoms with Crippen molar-refractivity contribution < 1.29 is 26.8 Å². The molecule has 0 N–H and O–H groups in total. The van der Waals surface area contributed by atoms with E-state index in [1.807, 2.05) is 0 Å². The molecule has 0 saturated heterocycles. The lowest BCUT2D eigenvalue weighted by atomic mass is 10.2. The zero-order valence-electron chi connectivity index (χ0n) is 18.0. The number of nitrogens with zero attached hydrogens (tertiary/aromatic N) is 10. The van der Waals surface area contributed by atoms with Crippen LogP contribution < -0.4 is 4.74 Å². The number of alkyl halides is 4. The van der Waals surface area contributed by atoms with Gasteiger partial charge in [0, 0.05) is 30.2 Å². The van der Waals surface area contributed by atoms with Crippen LogP contribution in [0.1, 0.15) is 16.8 Å². The van der Waals surface area contributed by atoms with Crippen LogP contribution in [0.25, 0.3) is 22.8 Å². The van der Waals surface area contributed by atoms with E-state index in [4.69, 9.17) is 9.26 Å². The fourth-order valence-corrected chi connectivity index (χ4v) is 3.21. The first-order valence-corrected chi connectivity index (χ1v) is 10.2. The van der Waals surface area contributed by atoms with Gasteiger partial charge in [-0.2, -0.15) is 23.3 Å². The average Bonchev–Trinajstić information content (AvgIpc) is 3.63. The predicted octanol–water partition coefficient (Wildman–Crippen LogP) is 2.95. The number of ether oxygens (including phenoxy) is 1. The molecule has 12 nitrogen and oxygen atoms in total. The maximum atomic E-state index is 13.5. The van der Waals surface area contributed by atoms with Gasteiger partial charge in [0.25, 0.3) is 5.89 Å². The summed E-state index contributed by atoms with van der Waals surface area (Å²) in [5.41, 5.74) is 0.935. The Morgan fingerprint density at radius 2 is 1.97 bits per heavy atom. The van der Waals surface area contributed by atoms with E-state index in [2.05, 4.69) is 40.7 Å². The first-order valence-electron chi connectivity index (χ1n) is 10.2. The highest BCUT2D eigenvalue weighted by Crippen LogP contribution is 2.30. The van der Waals surface area contributed by atoms with E-state index in [1.54, 1.807) is 18.5 Å². The summed E-state index contributed by atoms with van der Waals surface area (Å²) >= 11 is 0. The Labute approximate surface area is 198 Å². The Hall–Kier alpha value is -4.76. The largest absolute Gasteiger partial charge is 0.471 e. The fourth-order valence-electron chi connectivity index (χ4n) is 3.21. The molecule has 0 atom stereocenters. The lowest BCUT2D eigenvalue weighted by Crippen LogP contribution is -2.08. The van der Waals surface area contributed by atoms with Crippen LogP contribution in [0.2, 0.25) is 0 Å². The quantitative estimate of drug-likeness (QED) is 0.291. The zero-order chi connectivity index (χ0) is 25.1. The Morgan fingerprint density at radius 3 is 2.69 bits per heavy atom. The van der Waals surface area contributed by atoms with Crippen molar-refractivity contribution in [2.24, 2.45) is 0 Å². The van der Waals surface area contributed by atoms with Gasteiger partial charge in [-0.15, -0.1) is 5.10 Å². The first-order chi connectivity index (χ1) is 17.4. The van der Waals surface area contributed by atoms with Crippen LogP contribution in [0.3, 0.4) is 0 Å². The number of rotatable bonds is 8. The molecule has 16 heteroatoms. The molecule has 0 fully saturated rings. The molecule has 5 aromatic heterocycles. The van der Waals surface area contributed by atoms with Crippen molar-refractivity contribution >= 4 is 0 Å². The number of halogens is 4. The van der Waals surface area contributed by atoms with Crippen molar-refractivity contribution in [3.05, 3.63) is 66.1 Å². The van der Waals surface area contributed by atoms with Crippen LogP contribution in [0.4, 0.5) is 17.6 Å². The second-order valence-corrected chi connectivity index (χ2v) is 7.31. The van der Waals surface area contributed by atoms with Gasteiger partial charge in [0.1, 0.15) is 12.9 Å². The van der Waals surface area contributed by atoms with Gasteiger partial charge >= 0.3 is 6.18 Å². The van der Waals surface area contributed by atoms with Crippen LogP contribution >= 0.6 is 0 Å². The van der Waals surface area contributed by atoms with E-state index >= 15 is 0 Å². The predicted molar refractivity (Wildman–Crippen MR) is 110 cm³/mol. The van der Waals surface area contributed by atoms with Crippen molar-refractivity contribution in [3.8, 4) is 28.7 Å². The molecule has 5 heterocycles. The molecule has 0 aliphatic heterocycles. The summed E-state index contributed by atoms with van der Waals surface area (Å²) in [7, 11) is 0. The fraction of sp³-hybridized carbons (Fsp3) is 0.200. The topological polar surface area (TPSA) is 135 Å². The van der Waals surface area contributed by atoms with Crippen LogP contribution in [-0.2, 0) is 26.1 Å². The van der Waals surface area contributed by atoms with E-state index in [1.165, 1.54) is 17.2 Å². The van der Waals surface area contributed by atoms with Crippen molar-refractivity contribution in [2.45, 2.75) is 26.1 Å². The number of hydrogen-bond donors (Lipinski definition) is 0. The third-order valence-electron chi connectivity index (χ3n) is 4.93. The molecule has 0 aliphatic rings. The van der Waals surface area contributed by atoms with Crippen molar-refractivity contribution in [3.63, 3.8) is 0 Å². The van der Waals surface area contributed by atoms with Crippen LogP contribution in [0, 0.1) is 0 Å². The van der Waals surface area contributed by atoms with Gasteiger partial charge in [0.05, 0.1) is 29.6 Å². The van der Waals surface area contributed by atoms with Crippen molar-refractivity contribution in [2.75, 3.05) is 0 Å². The minimum Gasteiger partial charge on any atom is -0.471 e. The number of aromatic nitrogens is 10. The van der Waals surface area contributed by atoms with Gasteiger partial charge in [-0.3, -0.25) is 4.98 Å². The van der Waals surface area contributed by atoms with Crippen molar-refractivity contribution in [1.82, 2.24) is 50.1 Å². The molecule has 0 amide bonds. The van der Waals surface area contributed by atoms with Gasteiger partial charge in [-0.25, -0.2) is 18.7 Å². The van der Waals surface area contributed by atoms with E-state index in [-0.39, 0.29) is 35.5 Å². The molecule has 0 spiro atoms. The summed E-state index contributed by atoms with van der Waals surface area (Å²) in [6.07, 6.45) is 2.09. The summed E-state index contributed by atoms with van der Waals surface area (Å²) in [5.74, 6) is 0.173. The summed E-state index contributed by atoms with van der Waals surface area (Å²) in [6, 6.07) is 3.69. The molecular formula is C20H14F4N10O2. The summed E-state index contributed by atoms with van der Waals surface area (Å²) < 4.78 is 65.0. The minimum absolute atomic E-state index is 0.0366. The highest BCUT2D eigenvalue weighted by molar-refractivity contribution is 5.60. The Balaban J connectivity index is 1.35. The first kappa shape index (κ1) is 23.0. The number of hydrogen-bond acceptors (Lipinski definition) is 10. The Bertz CT molecular complexity index is 1450. The van der Waals surface area contributed by atoms with Gasteiger partial charge in [-0.05, 0) is 28.1 Å². The molecule has 0 unspecified atom stereocenters. The van der Waals surface area contributed by atoms with Crippen LogP contribution in [0.15, 0.2) is 53.8 Å². The summed E-state index contributed by atoms with van der Waals surface area (Å²) in [5, 5.41) is 18.9. The average molecular weight is 502 g/mol. The Kier molecular flexibility index (Phi) is 6.05. The molecule has 0 aliphatic carbocycles. The van der Waals surface area contributed by atoms with E-state index < -0.39 is 18.5 Å².